The smallest absolute Gasteiger partial charge is 0.232 e. The zero-order valence-corrected chi connectivity index (χ0v) is 17.8. The Kier molecular flexibility index (Phi) is 7.05. The summed E-state index contributed by atoms with van der Waals surface area (Å²) in [6.07, 6.45) is 4.30. The van der Waals surface area contributed by atoms with Gasteiger partial charge in [0.05, 0.1) is 6.54 Å². The van der Waals surface area contributed by atoms with Crippen molar-refractivity contribution in [1.82, 2.24) is 4.98 Å². The summed E-state index contributed by atoms with van der Waals surface area (Å²) < 4.78 is 13.3. The molecule has 6 heteroatoms. The number of carbonyl (C=O) groups excluding carboxylic acids is 1. The Bertz CT molecular complexity index is 783. The summed E-state index contributed by atoms with van der Waals surface area (Å²) in [7, 11) is 0. The molecule has 0 bridgehead atoms. The highest BCUT2D eigenvalue weighted by Crippen LogP contribution is 2.31. The lowest BCUT2D eigenvalue weighted by molar-refractivity contribution is -0.125. The Morgan fingerprint density at radius 3 is 2.25 bits per heavy atom. The van der Waals surface area contributed by atoms with Gasteiger partial charge in [0.15, 0.2) is 0 Å². The first-order valence-corrected chi connectivity index (χ1v) is 9.58. The second kappa shape index (κ2) is 8.91. The number of rotatable bonds is 6. The second-order valence-corrected chi connectivity index (χ2v) is 8.16. The van der Waals surface area contributed by atoms with E-state index in [2.05, 4.69) is 16.8 Å². The molecule has 1 aliphatic rings. The topological polar surface area (TPSA) is 36.4 Å². The van der Waals surface area contributed by atoms with Gasteiger partial charge in [-0.3, -0.25) is 4.79 Å². The van der Waals surface area contributed by atoms with E-state index in [1.165, 1.54) is 25.0 Å². The van der Waals surface area contributed by atoms with Crippen LogP contribution >= 0.6 is 12.4 Å². The highest BCUT2D eigenvalue weighted by molar-refractivity contribution is 5.96. The number of hydrogen-bond donors (Lipinski definition) is 0. The first kappa shape index (κ1) is 22.2. The van der Waals surface area contributed by atoms with Gasteiger partial charge in [-0.05, 0) is 55.7 Å². The average Bonchev–Trinajstić information content (AvgIpc) is 3.46. The fourth-order valence-electron chi connectivity index (χ4n) is 3.16. The number of anilines is 2. The van der Waals surface area contributed by atoms with Crippen LogP contribution in [0.5, 0.6) is 0 Å². The van der Waals surface area contributed by atoms with Crippen LogP contribution in [-0.4, -0.2) is 23.5 Å². The van der Waals surface area contributed by atoms with Crippen LogP contribution < -0.4 is 9.80 Å². The first-order chi connectivity index (χ1) is 12.8. The molecule has 1 amide bonds. The molecule has 1 aromatic carbocycles. The summed E-state index contributed by atoms with van der Waals surface area (Å²) in [6, 6.07) is 10.7. The molecular formula is C22H29ClFN3O. The Balaban J connectivity index is 0.00000280. The Morgan fingerprint density at radius 2 is 1.79 bits per heavy atom. The molecule has 0 spiro atoms. The third kappa shape index (κ3) is 5.22. The van der Waals surface area contributed by atoms with Crippen LogP contribution in [0.4, 0.5) is 15.9 Å². The van der Waals surface area contributed by atoms with Crippen molar-refractivity contribution in [2.24, 2.45) is 5.41 Å². The quantitative estimate of drug-likeness (QED) is 0.661. The van der Waals surface area contributed by atoms with Crippen molar-refractivity contribution in [3.05, 3.63) is 54.0 Å². The minimum absolute atomic E-state index is 0. The van der Waals surface area contributed by atoms with Crippen LogP contribution in [0.25, 0.3) is 0 Å². The molecule has 3 rings (SSSR count). The van der Waals surface area contributed by atoms with E-state index in [4.69, 9.17) is 0 Å². The third-order valence-corrected chi connectivity index (χ3v) is 4.80. The van der Waals surface area contributed by atoms with Crippen molar-refractivity contribution < 1.29 is 9.18 Å². The lowest BCUT2D eigenvalue weighted by Gasteiger charge is -2.30. The molecule has 1 heterocycles. The van der Waals surface area contributed by atoms with Gasteiger partial charge >= 0.3 is 0 Å². The number of benzene rings is 1. The maximum atomic E-state index is 13.3. The van der Waals surface area contributed by atoms with Crippen molar-refractivity contribution in [3.63, 3.8) is 0 Å². The second-order valence-electron chi connectivity index (χ2n) is 8.16. The Morgan fingerprint density at radius 1 is 1.14 bits per heavy atom. The van der Waals surface area contributed by atoms with E-state index in [9.17, 15) is 9.18 Å². The predicted molar refractivity (Wildman–Crippen MR) is 115 cm³/mol. The summed E-state index contributed by atoms with van der Waals surface area (Å²) >= 11 is 0. The fourth-order valence-corrected chi connectivity index (χ4v) is 3.16. The lowest BCUT2D eigenvalue weighted by Crippen LogP contribution is -2.39. The molecule has 0 atom stereocenters. The number of aromatic nitrogens is 1. The molecule has 1 saturated carbocycles. The SMILES string of the molecule is CCN(c1ccc(CN(C(=O)C(C)(C)C)c2ccc(F)cc2)cn1)C1CC1.Cl. The number of hydrogen-bond acceptors (Lipinski definition) is 3. The average molecular weight is 406 g/mol. The van der Waals surface area contributed by atoms with Crippen LogP contribution in [-0.2, 0) is 11.3 Å². The summed E-state index contributed by atoms with van der Waals surface area (Å²) in [4.78, 5) is 21.6. The minimum Gasteiger partial charge on any atom is -0.354 e. The zero-order chi connectivity index (χ0) is 19.6. The van der Waals surface area contributed by atoms with Crippen molar-refractivity contribution in [2.75, 3.05) is 16.3 Å². The third-order valence-electron chi connectivity index (χ3n) is 4.80. The molecule has 0 saturated heterocycles. The van der Waals surface area contributed by atoms with Gasteiger partial charge in [0, 0.05) is 29.9 Å². The summed E-state index contributed by atoms with van der Waals surface area (Å²) in [5.74, 6) is 0.665. The highest BCUT2D eigenvalue weighted by atomic mass is 35.5. The highest BCUT2D eigenvalue weighted by Gasteiger charge is 2.30. The van der Waals surface area contributed by atoms with Crippen molar-refractivity contribution in [3.8, 4) is 0 Å². The van der Waals surface area contributed by atoms with Crippen molar-refractivity contribution in [2.45, 2.75) is 53.1 Å². The predicted octanol–water partition coefficient (Wildman–Crippen LogP) is 5.21. The van der Waals surface area contributed by atoms with Gasteiger partial charge in [-0.25, -0.2) is 9.37 Å². The lowest BCUT2D eigenvalue weighted by atomic mass is 9.94. The van der Waals surface area contributed by atoms with Crippen LogP contribution in [0.1, 0.15) is 46.1 Å². The Labute approximate surface area is 173 Å². The van der Waals surface area contributed by atoms with E-state index >= 15 is 0 Å². The monoisotopic (exact) mass is 405 g/mol. The molecule has 2 aromatic rings. The van der Waals surface area contributed by atoms with E-state index in [1.54, 1.807) is 17.0 Å². The van der Waals surface area contributed by atoms with Crippen molar-refractivity contribution >= 4 is 29.8 Å². The van der Waals surface area contributed by atoms with E-state index in [-0.39, 0.29) is 24.1 Å². The van der Waals surface area contributed by atoms with Crippen LogP contribution in [0.3, 0.4) is 0 Å². The molecular weight excluding hydrogens is 377 g/mol. The zero-order valence-electron chi connectivity index (χ0n) is 17.0. The molecule has 152 valence electrons. The molecule has 1 aliphatic carbocycles. The summed E-state index contributed by atoms with van der Waals surface area (Å²) in [5.41, 5.74) is 1.10. The normalized spacial score (nSPS) is 13.6. The molecule has 0 N–H and O–H groups in total. The van der Waals surface area contributed by atoms with E-state index in [1.807, 2.05) is 39.1 Å². The van der Waals surface area contributed by atoms with Gasteiger partial charge < -0.3 is 9.80 Å². The number of nitrogens with zero attached hydrogens (tertiary/aromatic N) is 3. The van der Waals surface area contributed by atoms with Crippen LogP contribution in [0.2, 0.25) is 0 Å². The largest absolute Gasteiger partial charge is 0.354 e. The van der Waals surface area contributed by atoms with Gasteiger partial charge in [-0.1, -0.05) is 26.8 Å². The molecule has 28 heavy (non-hydrogen) atoms. The number of carbonyl (C=O) groups is 1. The number of amides is 1. The minimum atomic E-state index is -0.535. The molecule has 0 aliphatic heterocycles. The van der Waals surface area contributed by atoms with Gasteiger partial charge in [-0.15, -0.1) is 12.4 Å². The number of pyridine rings is 1. The molecule has 4 nitrogen and oxygen atoms in total. The molecule has 0 radical (unpaired) electrons. The first-order valence-electron chi connectivity index (χ1n) is 9.58. The maximum Gasteiger partial charge on any atom is 0.232 e. The van der Waals surface area contributed by atoms with Gasteiger partial charge in [0.2, 0.25) is 5.91 Å². The Hall–Kier alpha value is -2.14. The summed E-state index contributed by atoms with van der Waals surface area (Å²) in [6.45, 7) is 9.17. The van der Waals surface area contributed by atoms with Crippen LogP contribution in [0.15, 0.2) is 42.6 Å². The van der Waals surface area contributed by atoms with E-state index in [0.29, 0.717) is 18.3 Å². The van der Waals surface area contributed by atoms with Gasteiger partial charge in [0.1, 0.15) is 11.6 Å². The summed E-state index contributed by atoms with van der Waals surface area (Å²) in [5, 5.41) is 0. The van der Waals surface area contributed by atoms with Crippen LogP contribution in [0, 0.1) is 11.2 Å². The standard InChI is InChI=1S/C22H28FN3O.ClH/c1-5-25(18-11-12-18)20-13-6-16(14-24-20)15-26(21(27)22(2,3)4)19-9-7-17(23)8-10-19;/h6-10,13-14,18H,5,11-12,15H2,1-4H3;1H. The fraction of sp³-hybridized carbons (Fsp3) is 0.455. The van der Waals surface area contributed by atoms with Gasteiger partial charge in [0.25, 0.3) is 0 Å². The molecule has 1 aromatic heterocycles. The van der Waals surface area contributed by atoms with Gasteiger partial charge in [-0.2, -0.15) is 0 Å². The van der Waals surface area contributed by atoms with E-state index < -0.39 is 5.41 Å². The number of halogens is 2. The molecule has 0 unspecified atom stereocenters. The van der Waals surface area contributed by atoms with E-state index in [0.717, 1.165) is 17.9 Å². The van der Waals surface area contributed by atoms with Crippen molar-refractivity contribution in [1.29, 1.82) is 0 Å². The molecule has 1 fully saturated rings. The maximum absolute atomic E-state index is 13.3.